The van der Waals surface area contributed by atoms with E-state index in [1.54, 1.807) is 0 Å². The number of ether oxygens (including phenoxy) is 1. The van der Waals surface area contributed by atoms with Crippen LogP contribution in [0.4, 0.5) is 4.79 Å². The quantitative estimate of drug-likeness (QED) is 0.391. The predicted molar refractivity (Wildman–Crippen MR) is 68.7 cm³/mol. The Morgan fingerprint density at radius 1 is 1.48 bits per heavy atom. The lowest BCUT2D eigenvalue weighted by Gasteiger charge is -2.24. The molecule has 4 N–H and O–H groups in total. The van der Waals surface area contributed by atoms with Gasteiger partial charge in [0.25, 0.3) is 0 Å². The van der Waals surface area contributed by atoms with Crippen LogP contribution in [-0.4, -0.2) is 64.3 Å². The van der Waals surface area contributed by atoms with Crippen molar-refractivity contribution < 1.29 is 38.8 Å². The largest absolute Gasteiger partial charge is 0.780 e. The van der Waals surface area contributed by atoms with Gasteiger partial charge >= 0.3 is 6.03 Å². The highest BCUT2D eigenvalue weighted by atomic mass is 32.5. The Labute approximate surface area is 123 Å². The van der Waals surface area contributed by atoms with Gasteiger partial charge in [-0.1, -0.05) is 11.8 Å². The maximum Gasteiger partial charge on any atom is 0.347 e. The van der Waals surface area contributed by atoms with Crippen molar-refractivity contribution in [2.45, 2.75) is 24.4 Å². The first-order chi connectivity index (χ1) is 9.69. The molecule has 6 atom stereocenters. The van der Waals surface area contributed by atoms with Gasteiger partial charge in [-0.3, -0.25) is 10.1 Å². The summed E-state index contributed by atoms with van der Waals surface area (Å²) >= 11 is 4.14. The summed E-state index contributed by atoms with van der Waals surface area (Å²) in [6.45, 7) is -4.71. The van der Waals surface area contributed by atoms with Gasteiger partial charge in [-0.05, 0) is 0 Å². The molecule has 2 heterocycles. The van der Waals surface area contributed by atoms with Gasteiger partial charge in [0.1, 0.15) is 37.1 Å². The van der Waals surface area contributed by atoms with Crippen molar-refractivity contribution in [2.24, 2.45) is 10.9 Å². The first-order valence-electron chi connectivity index (χ1n) is 5.78. The van der Waals surface area contributed by atoms with Gasteiger partial charge in [0.2, 0.25) is 5.91 Å². The number of nitrogens with one attached hydrogen (secondary N) is 1. The van der Waals surface area contributed by atoms with Gasteiger partial charge in [-0.2, -0.15) is 0 Å². The third-order valence-electron chi connectivity index (χ3n) is 3.04. The molecule has 2 rings (SSSR count). The summed E-state index contributed by atoms with van der Waals surface area (Å²) in [4.78, 5) is 45.6. The number of aliphatic hydroxyl groups is 2. The van der Waals surface area contributed by atoms with Crippen LogP contribution < -0.4 is 10.2 Å². The Hall–Kier alpha value is -0.780. The number of aliphatic hydroxyl groups excluding tert-OH is 2. The van der Waals surface area contributed by atoms with Crippen molar-refractivity contribution in [1.82, 2.24) is 5.32 Å². The molecule has 0 saturated carbocycles. The molecule has 0 aromatic carbocycles. The van der Waals surface area contributed by atoms with Crippen LogP contribution in [0.25, 0.3) is 0 Å². The number of nitrogens with zero attached hydrogens (tertiary/aromatic N) is 1. The van der Waals surface area contributed by atoms with E-state index in [-0.39, 0.29) is 0 Å². The third-order valence-corrected chi connectivity index (χ3v) is 3.83. The number of imide groups is 1. The zero-order valence-electron chi connectivity index (χ0n) is 10.4. The SMILES string of the molecule is O=C1N=CC([C@@H]2O[C@H](COP([O-])(O)=S)C(O)C2O)C(=O)N1. The molecule has 2 aliphatic heterocycles. The van der Waals surface area contributed by atoms with Crippen LogP contribution in [0, 0.1) is 5.92 Å². The third kappa shape index (κ3) is 3.90. The summed E-state index contributed by atoms with van der Waals surface area (Å²) in [6.07, 6.45) is -4.22. The van der Waals surface area contributed by atoms with E-state index in [9.17, 15) is 24.7 Å². The maximum atomic E-state index is 11.6. The Morgan fingerprint density at radius 2 is 2.14 bits per heavy atom. The minimum absolute atomic E-state index is 0.531. The van der Waals surface area contributed by atoms with Gasteiger partial charge in [-0.25, -0.2) is 9.79 Å². The average Bonchev–Trinajstić information content (AvgIpc) is 2.64. The van der Waals surface area contributed by atoms with Crippen molar-refractivity contribution >= 4 is 36.7 Å². The fourth-order valence-electron chi connectivity index (χ4n) is 2.05. The smallest absolute Gasteiger partial charge is 0.347 e. The number of hydrogen-bond donors (Lipinski definition) is 4. The minimum atomic E-state index is -4.18. The number of rotatable bonds is 4. The van der Waals surface area contributed by atoms with Crippen LogP contribution in [0.3, 0.4) is 0 Å². The molecule has 21 heavy (non-hydrogen) atoms. The highest BCUT2D eigenvalue weighted by molar-refractivity contribution is 8.06. The summed E-state index contributed by atoms with van der Waals surface area (Å²) in [5.41, 5.74) is 0. The van der Waals surface area contributed by atoms with Crippen LogP contribution in [0.15, 0.2) is 4.99 Å². The number of urea groups is 1. The Bertz CT molecular complexity index is 522. The second kappa shape index (κ2) is 6.15. The Balaban J connectivity index is 2.06. The molecule has 3 amide bonds. The van der Waals surface area contributed by atoms with E-state index >= 15 is 0 Å². The second-order valence-corrected chi connectivity index (χ2v) is 7.06. The molecule has 118 valence electrons. The second-order valence-electron chi connectivity index (χ2n) is 4.48. The van der Waals surface area contributed by atoms with Crippen LogP contribution in [-0.2, 0) is 25.9 Å². The summed E-state index contributed by atoms with van der Waals surface area (Å²) < 4.78 is 9.71. The lowest BCUT2D eigenvalue weighted by molar-refractivity contribution is -0.204. The molecular formula is C9H12N2O8PS-. The van der Waals surface area contributed by atoms with E-state index in [1.165, 1.54) is 0 Å². The van der Waals surface area contributed by atoms with E-state index in [4.69, 9.17) is 9.63 Å². The average molecular weight is 339 g/mol. The molecule has 0 radical (unpaired) electrons. The Morgan fingerprint density at radius 3 is 2.71 bits per heavy atom. The van der Waals surface area contributed by atoms with Gasteiger partial charge in [0, 0.05) is 6.21 Å². The van der Waals surface area contributed by atoms with Crippen molar-refractivity contribution in [1.29, 1.82) is 0 Å². The van der Waals surface area contributed by atoms with E-state index in [1.807, 2.05) is 5.32 Å². The molecule has 0 bridgehead atoms. The minimum Gasteiger partial charge on any atom is -0.780 e. The maximum absolute atomic E-state index is 11.6. The lowest BCUT2D eigenvalue weighted by atomic mass is 9.95. The number of carbonyl (C=O) groups is 2. The summed E-state index contributed by atoms with van der Waals surface area (Å²) in [5.74, 6) is -1.81. The van der Waals surface area contributed by atoms with Crippen molar-refractivity contribution in [3.05, 3.63) is 0 Å². The normalized spacial score (nSPS) is 39.1. The number of amides is 3. The summed E-state index contributed by atoms with van der Waals surface area (Å²) in [7, 11) is 0. The monoisotopic (exact) mass is 339 g/mol. The van der Waals surface area contributed by atoms with Crippen LogP contribution in [0.1, 0.15) is 0 Å². The molecule has 1 saturated heterocycles. The van der Waals surface area contributed by atoms with Gasteiger partial charge in [0.15, 0.2) is 0 Å². The van der Waals surface area contributed by atoms with Gasteiger partial charge < -0.3 is 29.3 Å². The van der Waals surface area contributed by atoms with Crippen molar-refractivity contribution in [3.8, 4) is 0 Å². The fraction of sp³-hybridized carbons (Fsp3) is 0.667. The highest BCUT2D eigenvalue weighted by Crippen LogP contribution is 2.34. The molecule has 12 heteroatoms. The number of carbonyl (C=O) groups excluding carboxylic acids is 2. The highest BCUT2D eigenvalue weighted by Gasteiger charge is 2.48. The number of aliphatic imine (C=N–C) groups is 1. The molecule has 0 aromatic heterocycles. The number of hydrogen-bond acceptors (Lipinski definition) is 8. The molecule has 1 fully saturated rings. The molecule has 0 aliphatic carbocycles. The summed E-state index contributed by atoms with van der Waals surface area (Å²) in [5, 5.41) is 21.6. The van der Waals surface area contributed by atoms with Gasteiger partial charge in [0.05, 0.1) is 6.61 Å². The van der Waals surface area contributed by atoms with E-state index < -0.39 is 55.6 Å². The lowest BCUT2D eigenvalue weighted by Crippen LogP contribution is -2.48. The molecule has 0 aromatic rings. The molecule has 0 spiro atoms. The molecule has 2 aliphatic rings. The van der Waals surface area contributed by atoms with Crippen LogP contribution in [0.2, 0.25) is 0 Å². The zero-order chi connectivity index (χ0) is 15.8. The molecule has 4 unspecified atom stereocenters. The van der Waals surface area contributed by atoms with E-state index in [0.717, 1.165) is 6.21 Å². The Kier molecular flexibility index (Phi) is 4.85. The van der Waals surface area contributed by atoms with Crippen LogP contribution in [0.5, 0.6) is 0 Å². The standard InChI is InChI=1S/C9H13N2O8PS/c12-5-4(2-18-20(16,17)21)19-7(6(5)13)3-1-10-9(15)11-8(3)14/h1,3-7,12-13H,2H2,(H,11,14,15)(H2,16,17,21)/p-1/t3?,4-,5?,6?,7+/m1/s1. The molecule has 10 nitrogen and oxygen atoms in total. The predicted octanol–water partition coefficient (Wildman–Crippen LogP) is -2.99. The van der Waals surface area contributed by atoms with Gasteiger partial charge in [-0.15, -0.1) is 0 Å². The van der Waals surface area contributed by atoms with E-state index in [2.05, 4.69) is 21.3 Å². The van der Waals surface area contributed by atoms with Crippen LogP contribution >= 0.6 is 6.72 Å². The zero-order valence-corrected chi connectivity index (χ0v) is 12.1. The van der Waals surface area contributed by atoms with E-state index in [0.29, 0.717) is 0 Å². The first-order valence-corrected chi connectivity index (χ1v) is 8.37. The summed E-state index contributed by atoms with van der Waals surface area (Å²) in [6, 6.07) is -0.837. The van der Waals surface area contributed by atoms with Crippen molar-refractivity contribution in [2.75, 3.05) is 6.61 Å². The fourth-order valence-corrected chi connectivity index (χ4v) is 2.57. The van der Waals surface area contributed by atoms with Crippen molar-refractivity contribution in [3.63, 3.8) is 0 Å². The first kappa shape index (κ1) is 16.6. The topological polar surface area (TPSA) is 161 Å². The molecular weight excluding hydrogens is 327 g/mol.